The van der Waals surface area contributed by atoms with Gasteiger partial charge in [-0.2, -0.15) is 0 Å². The van der Waals surface area contributed by atoms with E-state index in [0.717, 1.165) is 43.1 Å². The van der Waals surface area contributed by atoms with Gasteiger partial charge in [-0.3, -0.25) is 0 Å². The summed E-state index contributed by atoms with van der Waals surface area (Å²) in [5, 5.41) is 3.34. The summed E-state index contributed by atoms with van der Waals surface area (Å²) in [4.78, 5) is 4.54. The molecule has 1 N–H and O–H groups in total. The van der Waals surface area contributed by atoms with E-state index in [0.29, 0.717) is 0 Å². The zero-order valence-electron chi connectivity index (χ0n) is 11.8. The fourth-order valence-corrected chi connectivity index (χ4v) is 3.63. The first-order valence-electron chi connectivity index (χ1n) is 7.59. The Labute approximate surface area is 115 Å². The molecule has 2 aliphatic rings. The van der Waals surface area contributed by atoms with Crippen molar-refractivity contribution in [1.82, 2.24) is 4.98 Å². The number of hydrogen-bond acceptors (Lipinski definition) is 3. The van der Waals surface area contributed by atoms with Crippen LogP contribution in [0.15, 0.2) is 18.3 Å². The van der Waals surface area contributed by atoms with E-state index in [2.05, 4.69) is 28.6 Å². The third-order valence-electron chi connectivity index (χ3n) is 4.66. The van der Waals surface area contributed by atoms with Crippen LogP contribution in [0.25, 0.3) is 0 Å². The molecule has 0 saturated heterocycles. The van der Waals surface area contributed by atoms with Gasteiger partial charge in [-0.25, -0.2) is 4.98 Å². The van der Waals surface area contributed by atoms with Crippen molar-refractivity contribution in [2.75, 3.05) is 25.6 Å². The van der Waals surface area contributed by atoms with Crippen LogP contribution in [0.4, 0.5) is 5.82 Å². The summed E-state index contributed by atoms with van der Waals surface area (Å²) in [5.41, 5.74) is 1.46. The van der Waals surface area contributed by atoms with Crippen molar-refractivity contribution in [3.05, 3.63) is 23.9 Å². The van der Waals surface area contributed by atoms with Gasteiger partial charge in [-0.05, 0) is 48.6 Å². The first-order valence-corrected chi connectivity index (χ1v) is 7.59. The molecule has 3 rings (SSSR count). The van der Waals surface area contributed by atoms with Gasteiger partial charge < -0.3 is 10.1 Å². The van der Waals surface area contributed by atoms with Gasteiger partial charge in [0.15, 0.2) is 0 Å². The largest absolute Gasteiger partial charge is 0.385 e. The van der Waals surface area contributed by atoms with E-state index in [1.807, 2.05) is 0 Å². The number of nitrogens with zero attached hydrogens (tertiary/aromatic N) is 1. The van der Waals surface area contributed by atoms with Gasteiger partial charge in [0.05, 0.1) is 0 Å². The van der Waals surface area contributed by atoms with Crippen LogP contribution in [0.1, 0.15) is 43.6 Å². The summed E-state index contributed by atoms with van der Waals surface area (Å²) in [5.74, 6) is 3.74. The highest BCUT2D eigenvalue weighted by molar-refractivity contribution is 5.38. The molecule has 0 bridgehead atoms. The average molecular weight is 260 g/mol. The van der Waals surface area contributed by atoms with Gasteiger partial charge in [0.25, 0.3) is 0 Å². The fraction of sp³-hybridized carbons (Fsp3) is 0.688. The van der Waals surface area contributed by atoms with Crippen molar-refractivity contribution in [1.29, 1.82) is 0 Å². The minimum absolute atomic E-state index is 0.802. The molecule has 2 saturated carbocycles. The Balaban J connectivity index is 1.52. The number of methoxy groups -OCH3 is 1. The molecular formula is C16H24N2O. The second kappa shape index (κ2) is 5.91. The van der Waals surface area contributed by atoms with Gasteiger partial charge >= 0.3 is 0 Å². The minimum Gasteiger partial charge on any atom is -0.385 e. The van der Waals surface area contributed by atoms with Crippen LogP contribution in [0, 0.1) is 11.8 Å². The standard InChI is InChI=1S/C16H24N2O/c1-19-10-4-9-17-15-8-7-12(11-18-15)16-13-5-2-3-6-14(13)16/h7-8,11,13-14,16H,2-6,9-10H2,1H3,(H,17,18)/t13-,14+,16?. The maximum Gasteiger partial charge on any atom is 0.125 e. The van der Waals surface area contributed by atoms with E-state index in [4.69, 9.17) is 4.74 Å². The van der Waals surface area contributed by atoms with Gasteiger partial charge in [0, 0.05) is 26.5 Å². The lowest BCUT2D eigenvalue weighted by Crippen LogP contribution is -2.05. The number of fused-ring (bicyclic) bond motifs is 1. The predicted octanol–water partition coefficient (Wildman–Crippen LogP) is 3.43. The number of rotatable bonds is 6. The van der Waals surface area contributed by atoms with Crippen LogP contribution in [0.5, 0.6) is 0 Å². The molecule has 0 aliphatic heterocycles. The fourth-order valence-electron chi connectivity index (χ4n) is 3.63. The van der Waals surface area contributed by atoms with E-state index in [9.17, 15) is 0 Å². The summed E-state index contributed by atoms with van der Waals surface area (Å²) in [6.07, 6.45) is 8.85. The predicted molar refractivity (Wildman–Crippen MR) is 77.4 cm³/mol. The van der Waals surface area contributed by atoms with Crippen LogP contribution in [0.3, 0.4) is 0 Å². The molecule has 1 unspecified atom stereocenters. The molecule has 2 aliphatic carbocycles. The van der Waals surface area contributed by atoms with E-state index < -0.39 is 0 Å². The molecule has 104 valence electrons. The van der Waals surface area contributed by atoms with Crippen molar-refractivity contribution >= 4 is 5.82 Å². The molecule has 1 heterocycles. The summed E-state index contributed by atoms with van der Waals surface area (Å²) < 4.78 is 5.03. The van der Waals surface area contributed by atoms with E-state index in [-0.39, 0.29) is 0 Å². The summed E-state index contributed by atoms with van der Waals surface area (Å²) in [7, 11) is 1.74. The molecule has 0 radical (unpaired) electrons. The van der Waals surface area contributed by atoms with Crippen molar-refractivity contribution in [2.45, 2.75) is 38.0 Å². The highest BCUT2D eigenvalue weighted by Crippen LogP contribution is 2.61. The maximum absolute atomic E-state index is 5.03. The summed E-state index contributed by atoms with van der Waals surface area (Å²) in [6, 6.07) is 4.40. The molecular weight excluding hydrogens is 236 g/mol. The van der Waals surface area contributed by atoms with Crippen molar-refractivity contribution < 1.29 is 4.74 Å². The van der Waals surface area contributed by atoms with Gasteiger partial charge in [-0.1, -0.05) is 18.9 Å². The first-order chi connectivity index (χ1) is 9.40. The number of hydrogen-bond donors (Lipinski definition) is 1. The molecule has 2 fully saturated rings. The Hall–Kier alpha value is -1.09. The monoisotopic (exact) mass is 260 g/mol. The number of ether oxygens (including phenoxy) is 1. The van der Waals surface area contributed by atoms with E-state index in [1.165, 1.54) is 31.2 Å². The third-order valence-corrected chi connectivity index (χ3v) is 4.66. The summed E-state index contributed by atoms with van der Waals surface area (Å²) in [6.45, 7) is 1.73. The molecule has 3 heteroatoms. The Kier molecular flexibility index (Phi) is 4.02. The Morgan fingerprint density at radius 3 is 2.68 bits per heavy atom. The molecule has 1 aromatic rings. The zero-order chi connectivity index (χ0) is 13.1. The van der Waals surface area contributed by atoms with Crippen LogP contribution in [-0.4, -0.2) is 25.2 Å². The second-order valence-corrected chi connectivity index (χ2v) is 5.89. The quantitative estimate of drug-likeness (QED) is 0.796. The van der Waals surface area contributed by atoms with Gasteiger partial charge in [-0.15, -0.1) is 0 Å². The van der Waals surface area contributed by atoms with Crippen molar-refractivity contribution in [3.63, 3.8) is 0 Å². The second-order valence-electron chi connectivity index (χ2n) is 5.89. The SMILES string of the molecule is COCCCNc1ccc(C2[C@H]3CCCC[C@@H]23)cn1. The lowest BCUT2D eigenvalue weighted by molar-refractivity contribution is 0.198. The lowest BCUT2D eigenvalue weighted by atomic mass is 10.0. The Morgan fingerprint density at radius 2 is 2.05 bits per heavy atom. The molecule has 0 amide bonds. The lowest BCUT2D eigenvalue weighted by Gasteiger charge is -2.06. The highest BCUT2D eigenvalue weighted by atomic mass is 16.5. The zero-order valence-corrected chi connectivity index (χ0v) is 11.8. The molecule has 3 atom stereocenters. The van der Waals surface area contributed by atoms with Crippen LogP contribution in [-0.2, 0) is 4.74 Å². The van der Waals surface area contributed by atoms with Crippen molar-refractivity contribution in [2.24, 2.45) is 11.8 Å². The third kappa shape index (κ3) is 2.92. The van der Waals surface area contributed by atoms with Gasteiger partial charge in [0.2, 0.25) is 0 Å². The topological polar surface area (TPSA) is 34.1 Å². The first kappa shape index (κ1) is 12.9. The van der Waals surface area contributed by atoms with E-state index in [1.54, 1.807) is 7.11 Å². The normalized spacial score (nSPS) is 28.8. The molecule has 1 aromatic heterocycles. The number of pyridine rings is 1. The number of nitrogens with one attached hydrogen (secondary N) is 1. The maximum atomic E-state index is 5.03. The van der Waals surface area contributed by atoms with E-state index >= 15 is 0 Å². The van der Waals surface area contributed by atoms with Crippen LogP contribution >= 0.6 is 0 Å². The number of anilines is 1. The molecule has 0 spiro atoms. The average Bonchev–Trinajstić information content (AvgIpc) is 3.19. The minimum atomic E-state index is 0.802. The molecule has 3 nitrogen and oxygen atoms in total. The van der Waals surface area contributed by atoms with Crippen molar-refractivity contribution in [3.8, 4) is 0 Å². The van der Waals surface area contributed by atoms with Crippen LogP contribution < -0.4 is 5.32 Å². The Morgan fingerprint density at radius 1 is 1.26 bits per heavy atom. The van der Waals surface area contributed by atoms with Gasteiger partial charge in [0.1, 0.15) is 5.82 Å². The van der Waals surface area contributed by atoms with Crippen LogP contribution in [0.2, 0.25) is 0 Å². The smallest absolute Gasteiger partial charge is 0.125 e. The highest BCUT2D eigenvalue weighted by Gasteiger charge is 2.51. The number of aromatic nitrogens is 1. The molecule has 19 heavy (non-hydrogen) atoms. The Bertz CT molecular complexity index is 392. The molecule has 0 aromatic carbocycles. The summed E-state index contributed by atoms with van der Waals surface area (Å²) >= 11 is 0.